The van der Waals surface area contributed by atoms with Gasteiger partial charge in [-0.1, -0.05) is 41.9 Å². The lowest BCUT2D eigenvalue weighted by Crippen LogP contribution is -2.01. The Morgan fingerprint density at radius 1 is 1.36 bits per heavy atom. The first kappa shape index (κ1) is 11.7. The van der Waals surface area contributed by atoms with Crippen molar-refractivity contribution in [1.82, 2.24) is 0 Å². The smallest absolute Gasteiger partial charge is 0.126 e. The Balaban J connectivity index is 2.80. The van der Waals surface area contributed by atoms with Gasteiger partial charge in [-0.15, -0.1) is 0 Å². The van der Waals surface area contributed by atoms with Crippen LogP contribution >= 0.6 is 15.9 Å². The number of benzene rings is 1. The van der Waals surface area contributed by atoms with Crippen LogP contribution in [-0.4, -0.2) is 4.83 Å². The topological polar surface area (TPSA) is 0 Å². The molecule has 0 aromatic heterocycles. The minimum Gasteiger partial charge on any atom is -0.207 e. The molecule has 1 aromatic carbocycles. The van der Waals surface area contributed by atoms with Crippen molar-refractivity contribution >= 4 is 15.9 Å². The van der Waals surface area contributed by atoms with E-state index in [1.807, 2.05) is 19.1 Å². The Kier molecular flexibility index (Phi) is 4.11. The fourth-order valence-corrected chi connectivity index (χ4v) is 2.16. The van der Waals surface area contributed by atoms with Gasteiger partial charge in [-0.2, -0.15) is 0 Å². The standard InChI is InChI=1S/C12H16BrF/c1-8(6-10(3)13)11-4-5-12(14)9(2)7-11/h4-5,7-8,10H,6H2,1-3H3. The molecule has 0 nitrogen and oxygen atoms in total. The minimum absolute atomic E-state index is 0.118. The van der Waals surface area contributed by atoms with Crippen molar-refractivity contribution in [3.63, 3.8) is 0 Å². The van der Waals surface area contributed by atoms with E-state index in [-0.39, 0.29) is 5.82 Å². The number of aryl methyl sites for hydroxylation is 1. The van der Waals surface area contributed by atoms with E-state index in [1.165, 1.54) is 5.56 Å². The molecule has 1 rings (SSSR count). The second-order valence-corrected chi connectivity index (χ2v) is 5.49. The molecular formula is C12H16BrF. The summed E-state index contributed by atoms with van der Waals surface area (Å²) in [7, 11) is 0. The van der Waals surface area contributed by atoms with Crippen molar-refractivity contribution in [2.24, 2.45) is 0 Å². The summed E-state index contributed by atoms with van der Waals surface area (Å²) in [6.45, 7) is 6.11. The third kappa shape index (κ3) is 3.09. The molecule has 0 saturated heterocycles. The van der Waals surface area contributed by atoms with Crippen molar-refractivity contribution in [3.05, 3.63) is 35.1 Å². The maximum atomic E-state index is 13.0. The predicted octanol–water partition coefficient (Wildman–Crippen LogP) is 4.41. The molecule has 2 atom stereocenters. The largest absolute Gasteiger partial charge is 0.207 e. The Morgan fingerprint density at radius 2 is 2.00 bits per heavy atom. The van der Waals surface area contributed by atoms with Crippen LogP contribution in [0.15, 0.2) is 18.2 Å². The average Bonchev–Trinajstić information content (AvgIpc) is 2.08. The highest BCUT2D eigenvalue weighted by Crippen LogP contribution is 2.24. The molecule has 0 fully saturated rings. The van der Waals surface area contributed by atoms with Gasteiger partial charge in [0.05, 0.1) is 0 Å². The van der Waals surface area contributed by atoms with Crippen molar-refractivity contribution in [3.8, 4) is 0 Å². The first-order valence-electron chi connectivity index (χ1n) is 4.91. The SMILES string of the molecule is Cc1cc(C(C)CC(C)Br)ccc1F. The second-order valence-electron chi connectivity index (χ2n) is 3.93. The Bertz CT molecular complexity index is 307. The number of halogens is 2. The molecule has 0 aliphatic carbocycles. The van der Waals surface area contributed by atoms with Crippen molar-refractivity contribution in [2.45, 2.75) is 37.9 Å². The molecule has 0 bridgehead atoms. The van der Waals surface area contributed by atoms with Crippen LogP contribution in [-0.2, 0) is 0 Å². The van der Waals surface area contributed by atoms with Gasteiger partial charge < -0.3 is 0 Å². The Hall–Kier alpha value is -0.370. The maximum absolute atomic E-state index is 13.0. The van der Waals surface area contributed by atoms with Crippen molar-refractivity contribution in [1.29, 1.82) is 0 Å². The number of alkyl halides is 1. The molecule has 78 valence electrons. The van der Waals surface area contributed by atoms with Crippen LogP contribution in [0.4, 0.5) is 4.39 Å². The van der Waals surface area contributed by atoms with Crippen LogP contribution in [0.5, 0.6) is 0 Å². The first-order valence-corrected chi connectivity index (χ1v) is 5.82. The van der Waals surface area contributed by atoms with E-state index in [9.17, 15) is 4.39 Å². The summed E-state index contributed by atoms with van der Waals surface area (Å²) < 4.78 is 13.0. The van der Waals surface area contributed by atoms with E-state index in [4.69, 9.17) is 0 Å². The fourth-order valence-electron chi connectivity index (χ4n) is 1.60. The monoisotopic (exact) mass is 258 g/mol. The van der Waals surface area contributed by atoms with Crippen LogP contribution in [0.25, 0.3) is 0 Å². The van der Waals surface area contributed by atoms with Gasteiger partial charge in [0.2, 0.25) is 0 Å². The van der Waals surface area contributed by atoms with E-state index in [2.05, 4.69) is 29.8 Å². The first-order chi connectivity index (χ1) is 6.50. The highest BCUT2D eigenvalue weighted by molar-refractivity contribution is 9.09. The van der Waals surface area contributed by atoms with Crippen LogP contribution in [0.1, 0.15) is 37.3 Å². The lowest BCUT2D eigenvalue weighted by atomic mass is 9.95. The lowest BCUT2D eigenvalue weighted by molar-refractivity contribution is 0.613. The van der Waals surface area contributed by atoms with Gasteiger partial charge >= 0.3 is 0 Å². The summed E-state index contributed by atoms with van der Waals surface area (Å²) in [4.78, 5) is 0.503. The zero-order valence-electron chi connectivity index (χ0n) is 8.85. The van der Waals surface area contributed by atoms with Crippen LogP contribution in [0.3, 0.4) is 0 Å². The molecule has 0 aliphatic heterocycles. The highest BCUT2D eigenvalue weighted by atomic mass is 79.9. The summed E-state index contributed by atoms with van der Waals surface area (Å²) in [5.41, 5.74) is 1.95. The molecule has 0 amide bonds. The van der Waals surface area contributed by atoms with E-state index in [0.29, 0.717) is 10.7 Å². The molecular weight excluding hydrogens is 243 g/mol. The third-order valence-corrected chi connectivity index (χ3v) is 2.80. The second kappa shape index (κ2) is 4.92. The third-order valence-electron chi connectivity index (χ3n) is 2.43. The van der Waals surface area contributed by atoms with Gasteiger partial charge in [0, 0.05) is 4.83 Å². The number of hydrogen-bond acceptors (Lipinski definition) is 0. The molecule has 0 heterocycles. The van der Waals surface area contributed by atoms with Crippen LogP contribution in [0, 0.1) is 12.7 Å². The molecule has 0 spiro atoms. The fraction of sp³-hybridized carbons (Fsp3) is 0.500. The summed E-state index contributed by atoms with van der Waals surface area (Å²) in [5, 5.41) is 0. The zero-order chi connectivity index (χ0) is 10.7. The molecule has 2 heteroatoms. The minimum atomic E-state index is -0.118. The molecule has 0 radical (unpaired) electrons. The van der Waals surface area contributed by atoms with Crippen molar-refractivity contribution in [2.75, 3.05) is 0 Å². The van der Waals surface area contributed by atoms with Crippen LogP contribution < -0.4 is 0 Å². The summed E-state index contributed by atoms with van der Waals surface area (Å²) in [6, 6.07) is 5.37. The quantitative estimate of drug-likeness (QED) is 0.705. The summed E-state index contributed by atoms with van der Waals surface area (Å²) in [6.07, 6.45) is 1.07. The van der Waals surface area contributed by atoms with E-state index < -0.39 is 0 Å². The van der Waals surface area contributed by atoms with Gasteiger partial charge in [-0.25, -0.2) is 4.39 Å². The number of hydrogen-bond donors (Lipinski definition) is 0. The van der Waals surface area contributed by atoms with E-state index in [0.717, 1.165) is 12.0 Å². The Labute approximate surface area is 93.7 Å². The highest BCUT2D eigenvalue weighted by Gasteiger charge is 2.09. The van der Waals surface area contributed by atoms with Gasteiger partial charge in [-0.3, -0.25) is 0 Å². The zero-order valence-corrected chi connectivity index (χ0v) is 10.4. The molecule has 1 aromatic rings. The van der Waals surface area contributed by atoms with Crippen LogP contribution in [0.2, 0.25) is 0 Å². The number of rotatable bonds is 3. The molecule has 2 unspecified atom stereocenters. The van der Waals surface area contributed by atoms with Gasteiger partial charge in [0.15, 0.2) is 0 Å². The van der Waals surface area contributed by atoms with Gasteiger partial charge in [0.1, 0.15) is 5.82 Å². The summed E-state index contributed by atoms with van der Waals surface area (Å²) >= 11 is 3.53. The molecule has 0 N–H and O–H groups in total. The molecule has 0 aliphatic rings. The molecule has 14 heavy (non-hydrogen) atoms. The molecule has 0 saturated carbocycles. The predicted molar refractivity (Wildman–Crippen MR) is 62.6 cm³/mol. The van der Waals surface area contributed by atoms with Crippen molar-refractivity contribution < 1.29 is 4.39 Å². The average molecular weight is 259 g/mol. The maximum Gasteiger partial charge on any atom is 0.126 e. The van der Waals surface area contributed by atoms with E-state index >= 15 is 0 Å². The van der Waals surface area contributed by atoms with Gasteiger partial charge in [0.25, 0.3) is 0 Å². The summed E-state index contributed by atoms with van der Waals surface area (Å²) in [5.74, 6) is 0.358. The Morgan fingerprint density at radius 3 is 2.50 bits per heavy atom. The van der Waals surface area contributed by atoms with E-state index in [1.54, 1.807) is 6.07 Å². The normalized spacial score (nSPS) is 15.2. The van der Waals surface area contributed by atoms with Gasteiger partial charge in [-0.05, 0) is 36.5 Å². The lowest BCUT2D eigenvalue weighted by Gasteiger charge is -2.14.